The van der Waals surface area contributed by atoms with Gasteiger partial charge >= 0.3 is 0 Å². The third kappa shape index (κ3) is 3.20. The molecule has 4 aromatic rings. The molecule has 142 valence electrons. The van der Waals surface area contributed by atoms with Crippen molar-refractivity contribution in [1.82, 2.24) is 14.6 Å². The Bertz CT molecular complexity index is 1190. The number of rotatable bonds is 4. The number of hydrogen-bond donors (Lipinski definition) is 2. The molecule has 0 saturated heterocycles. The Morgan fingerprint density at radius 1 is 1.21 bits per heavy atom. The van der Waals surface area contributed by atoms with Crippen molar-refractivity contribution in [3.8, 4) is 11.3 Å². The van der Waals surface area contributed by atoms with Crippen LogP contribution in [-0.4, -0.2) is 19.8 Å². The lowest BCUT2D eigenvalue weighted by molar-refractivity contribution is -0.913. The molecule has 0 saturated carbocycles. The molecular weight excluding hydrogens is 425 g/mol. The largest absolute Gasteiger partial charge is 0.366 e. The number of pyridine rings is 1. The highest BCUT2D eigenvalue weighted by Gasteiger charge is 2.17. The lowest BCUT2D eigenvalue weighted by Crippen LogP contribution is -2.38. The summed E-state index contributed by atoms with van der Waals surface area (Å²) in [6.07, 6.45) is 1.65. The van der Waals surface area contributed by atoms with E-state index in [2.05, 4.69) is 31.3 Å². The van der Waals surface area contributed by atoms with Crippen LogP contribution in [0.15, 0.2) is 53.1 Å². The molecule has 0 aliphatic rings. The summed E-state index contributed by atoms with van der Waals surface area (Å²) >= 11 is 3.45. The zero-order chi connectivity index (χ0) is 19.8. The average molecular weight is 443 g/mol. The maximum atomic E-state index is 14.3. The Hall–Kier alpha value is -3.00. The Balaban J connectivity index is 1.76. The summed E-state index contributed by atoms with van der Waals surface area (Å²) < 4.78 is 17.8. The van der Waals surface area contributed by atoms with Crippen LogP contribution in [0.2, 0.25) is 0 Å². The van der Waals surface area contributed by atoms with Crippen LogP contribution in [0.1, 0.15) is 17.0 Å². The van der Waals surface area contributed by atoms with Gasteiger partial charge in [-0.05, 0) is 34.1 Å². The molecule has 3 heterocycles. The molecule has 2 N–H and O–H groups in total. The van der Waals surface area contributed by atoms with Gasteiger partial charge in [0.05, 0.1) is 16.4 Å². The number of nitrogens with one attached hydrogen (secondary N) is 1. The van der Waals surface area contributed by atoms with Crippen LogP contribution in [0.3, 0.4) is 0 Å². The van der Waals surface area contributed by atoms with Crippen molar-refractivity contribution in [2.24, 2.45) is 0 Å². The molecule has 0 spiro atoms. The normalized spacial score (nSPS) is 11.1. The molecular formula is C20H18BrFN5O+. The average Bonchev–Trinajstić information content (AvgIpc) is 3.07. The fourth-order valence-corrected chi connectivity index (χ4v) is 3.40. The minimum atomic E-state index is -0.336. The molecule has 1 aromatic carbocycles. The predicted octanol–water partition coefficient (Wildman–Crippen LogP) is 4.05. The summed E-state index contributed by atoms with van der Waals surface area (Å²) in [5.41, 5.74) is 3.94. The molecule has 8 heteroatoms. The minimum Gasteiger partial charge on any atom is -0.366 e. The third-order valence-electron chi connectivity index (χ3n) is 4.68. The molecule has 0 fully saturated rings. The standard InChI is InChI=1S/C20H18BrFN5O/c1-12-7-8-14(13(2)27(12)28)10-23-19-9-18(15-5-3-4-6-17(15)22)25-20-16(21)11-24-26(19)20/h3-9,11,23,28H,10H2,1-2H3/q+1. The second-order valence-corrected chi connectivity index (χ2v) is 7.34. The van der Waals surface area contributed by atoms with Gasteiger partial charge in [-0.1, -0.05) is 12.1 Å². The van der Waals surface area contributed by atoms with Gasteiger partial charge in [-0.25, -0.2) is 9.37 Å². The topological polar surface area (TPSA) is 66.3 Å². The summed E-state index contributed by atoms with van der Waals surface area (Å²) in [6, 6.07) is 12.1. The fourth-order valence-electron chi connectivity index (χ4n) is 3.05. The van der Waals surface area contributed by atoms with Crippen molar-refractivity contribution in [3.63, 3.8) is 0 Å². The van der Waals surface area contributed by atoms with E-state index in [0.717, 1.165) is 21.7 Å². The first-order valence-corrected chi connectivity index (χ1v) is 9.48. The van der Waals surface area contributed by atoms with Crippen LogP contribution in [0.4, 0.5) is 10.2 Å². The van der Waals surface area contributed by atoms with E-state index in [1.165, 1.54) is 6.07 Å². The zero-order valence-electron chi connectivity index (χ0n) is 15.3. The van der Waals surface area contributed by atoms with E-state index in [4.69, 9.17) is 0 Å². The summed E-state index contributed by atoms with van der Waals surface area (Å²) in [5.74, 6) is 0.329. The van der Waals surface area contributed by atoms with Gasteiger partial charge in [-0.2, -0.15) is 9.61 Å². The third-order valence-corrected chi connectivity index (χ3v) is 5.24. The van der Waals surface area contributed by atoms with Crippen LogP contribution in [0, 0.1) is 19.7 Å². The van der Waals surface area contributed by atoms with Gasteiger partial charge in [-0.15, -0.1) is 0 Å². The number of fused-ring (bicyclic) bond motifs is 1. The predicted molar refractivity (Wildman–Crippen MR) is 107 cm³/mol. The number of anilines is 1. The zero-order valence-corrected chi connectivity index (χ0v) is 16.9. The van der Waals surface area contributed by atoms with E-state index < -0.39 is 0 Å². The Morgan fingerprint density at radius 2 is 2.00 bits per heavy atom. The van der Waals surface area contributed by atoms with Crippen molar-refractivity contribution < 1.29 is 14.3 Å². The van der Waals surface area contributed by atoms with E-state index in [1.54, 1.807) is 35.0 Å². The van der Waals surface area contributed by atoms with Gasteiger partial charge in [0.15, 0.2) is 5.65 Å². The van der Waals surface area contributed by atoms with Crippen LogP contribution in [0.25, 0.3) is 16.9 Å². The first-order chi connectivity index (χ1) is 13.5. The van der Waals surface area contributed by atoms with Gasteiger partial charge in [0, 0.05) is 48.4 Å². The highest BCUT2D eigenvalue weighted by atomic mass is 79.9. The van der Waals surface area contributed by atoms with E-state index >= 15 is 0 Å². The molecule has 0 aliphatic heterocycles. The Kier molecular flexibility index (Phi) is 4.72. The van der Waals surface area contributed by atoms with Crippen molar-refractivity contribution in [2.45, 2.75) is 20.4 Å². The molecule has 4 rings (SSSR count). The number of aryl methyl sites for hydroxylation is 1. The van der Waals surface area contributed by atoms with Crippen LogP contribution < -0.4 is 10.0 Å². The SMILES string of the molecule is Cc1ccc(CNc2cc(-c3ccccc3F)nc3c(Br)cnn23)c(C)[n+]1O. The number of hydrogen-bond acceptors (Lipinski definition) is 4. The summed E-state index contributed by atoms with van der Waals surface area (Å²) in [4.78, 5) is 4.55. The van der Waals surface area contributed by atoms with Crippen molar-refractivity contribution in [3.05, 3.63) is 75.9 Å². The second kappa shape index (κ2) is 7.20. The lowest BCUT2D eigenvalue weighted by atomic mass is 10.1. The second-order valence-electron chi connectivity index (χ2n) is 6.49. The maximum Gasteiger partial charge on any atom is 0.236 e. The molecule has 0 radical (unpaired) electrons. The molecule has 6 nitrogen and oxygen atoms in total. The first kappa shape index (κ1) is 18.4. The number of aromatic nitrogens is 4. The van der Waals surface area contributed by atoms with Gasteiger partial charge in [0.1, 0.15) is 11.6 Å². The van der Waals surface area contributed by atoms with E-state index in [-0.39, 0.29) is 5.82 Å². The molecule has 28 heavy (non-hydrogen) atoms. The van der Waals surface area contributed by atoms with Crippen LogP contribution >= 0.6 is 15.9 Å². The Labute approximate surface area is 169 Å². The quantitative estimate of drug-likeness (QED) is 0.369. The summed E-state index contributed by atoms with van der Waals surface area (Å²) in [5, 5.41) is 17.8. The van der Waals surface area contributed by atoms with Crippen LogP contribution in [-0.2, 0) is 6.54 Å². The van der Waals surface area contributed by atoms with E-state index in [0.29, 0.717) is 33.7 Å². The minimum absolute atomic E-state index is 0.336. The Morgan fingerprint density at radius 3 is 2.79 bits per heavy atom. The van der Waals surface area contributed by atoms with Crippen molar-refractivity contribution in [2.75, 3.05) is 5.32 Å². The summed E-state index contributed by atoms with van der Waals surface area (Å²) in [6.45, 7) is 4.14. The van der Waals surface area contributed by atoms with Crippen LogP contribution in [0.5, 0.6) is 0 Å². The van der Waals surface area contributed by atoms with Gasteiger partial charge in [0.25, 0.3) is 0 Å². The van der Waals surface area contributed by atoms with Gasteiger partial charge < -0.3 is 5.32 Å². The van der Waals surface area contributed by atoms with E-state index in [1.807, 2.05) is 26.0 Å². The smallest absolute Gasteiger partial charge is 0.236 e. The molecule has 0 unspecified atom stereocenters. The molecule has 0 amide bonds. The molecule has 3 aromatic heterocycles. The summed E-state index contributed by atoms with van der Waals surface area (Å²) in [7, 11) is 0. The number of nitrogens with zero attached hydrogens (tertiary/aromatic N) is 4. The fraction of sp³-hybridized carbons (Fsp3) is 0.150. The molecule has 0 bridgehead atoms. The van der Waals surface area contributed by atoms with Crippen molar-refractivity contribution >= 4 is 27.4 Å². The van der Waals surface area contributed by atoms with Crippen molar-refractivity contribution in [1.29, 1.82) is 0 Å². The number of halogens is 2. The van der Waals surface area contributed by atoms with Gasteiger partial charge in [0.2, 0.25) is 11.4 Å². The monoisotopic (exact) mass is 442 g/mol. The lowest BCUT2D eigenvalue weighted by Gasteiger charge is -2.11. The highest BCUT2D eigenvalue weighted by molar-refractivity contribution is 9.10. The maximum absolute atomic E-state index is 14.3. The first-order valence-electron chi connectivity index (χ1n) is 8.69. The highest BCUT2D eigenvalue weighted by Crippen LogP contribution is 2.27. The molecule has 0 atom stereocenters. The van der Waals surface area contributed by atoms with Gasteiger partial charge in [-0.3, -0.25) is 5.21 Å². The molecule has 0 aliphatic carbocycles. The number of benzene rings is 1. The van der Waals surface area contributed by atoms with E-state index in [9.17, 15) is 9.60 Å².